The molecule has 12 nitrogen and oxygen atoms in total. The third-order valence-corrected chi connectivity index (χ3v) is 7.45. The fourth-order valence-corrected chi connectivity index (χ4v) is 5.35. The number of alkyl halides is 3. The van der Waals surface area contributed by atoms with E-state index in [2.05, 4.69) is 20.1 Å². The molecule has 46 heavy (non-hydrogen) atoms. The zero-order valence-corrected chi connectivity index (χ0v) is 24.0. The second-order valence-electron chi connectivity index (χ2n) is 10.7. The topological polar surface area (TPSA) is 170 Å². The second kappa shape index (κ2) is 12.5. The van der Waals surface area contributed by atoms with Gasteiger partial charge in [0.2, 0.25) is 11.8 Å². The first-order valence-electron chi connectivity index (χ1n) is 13.8. The molecule has 3 unspecified atom stereocenters. The van der Waals surface area contributed by atoms with E-state index in [9.17, 15) is 36.7 Å². The summed E-state index contributed by atoms with van der Waals surface area (Å²) in [6.07, 6.45) is -2.65. The molecule has 0 radical (unpaired) electrons. The van der Waals surface area contributed by atoms with Crippen LogP contribution < -0.4 is 15.8 Å². The van der Waals surface area contributed by atoms with Gasteiger partial charge in [0.1, 0.15) is 12.6 Å². The third kappa shape index (κ3) is 6.90. The number of nitrogens with zero attached hydrogens (tertiary/aromatic N) is 4. The summed E-state index contributed by atoms with van der Waals surface area (Å²) < 4.78 is 57.1. The molecule has 2 aliphatic rings. The van der Waals surface area contributed by atoms with E-state index in [-0.39, 0.29) is 24.2 Å². The lowest BCUT2D eigenvalue weighted by atomic mass is 10.1. The Labute approximate surface area is 257 Å². The number of carbonyl (C=O) groups is 4. The van der Waals surface area contributed by atoms with Crippen molar-refractivity contribution in [2.75, 3.05) is 5.32 Å². The number of aromatic nitrogens is 3. The number of benzene rings is 2. The first kappa shape index (κ1) is 31.9. The van der Waals surface area contributed by atoms with Crippen molar-refractivity contribution in [2.45, 2.75) is 44.8 Å². The van der Waals surface area contributed by atoms with Gasteiger partial charge in [0.05, 0.1) is 23.0 Å². The van der Waals surface area contributed by atoms with Gasteiger partial charge in [-0.1, -0.05) is 24.3 Å². The van der Waals surface area contributed by atoms with E-state index in [4.69, 9.17) is 10.8 Å². The SMILES string of the molecule is Cc1cc2c(C(N)=O)nn(CC(=O)N3C(C(=O)Nc4cccc(OC(F)(F)F)c4F)CC4CC43)c2cn1.O=C(O)c1ccccc1. The first-order chi connectivity index (χ1) is 21.7. The summed E-state index contributed by atoms with van der Waals surface area (Å²) in [6, 6.07) is 11.7. The summed E-state index contributed by atoms with van der Waals surface area (Å²) in [5, 5.41) is 15.3. The Hall–Kier alpha value is -5.54. The van der Waals surface area contributed by atoms with E-state index in [0.29, 0.717) is 35.0 Å². The molecule has 4 aromatic rings. The molecule has 3 atom stereocenters. The number of halogens is 4. The lowest BCUT2D eigenvalue weighted by Crippen LogP contribution is -2.46. The Morgan fingerprint density at radius 3 is 2.43 bits per heavy atom. The normalized spacial score (nSPS) is 18.3. The van der Waals surface area contributed by atoms with Crippen LogP contribution in [0.2, 0.25) is 0 Å². The van der Waals surface area contributed by atoms with Crippen LogP contribution in [-0.2, 0) is 16.1 Å². The average molecular weight is 643 g/mol. The quantitative estimate of drug-likeness (QED) is 0.255. The van der Waals surface area contributed by atoms with Gasteiger partial charge in [0, 0.05) is 17.1 Å². The lowest BCUT2D eigenvalue weighted by molar-refractivity contribution is -0.275. The van der Waals surface area contributed by atoms with E-state index in [0.717, 1.165) is 18.2 Å². The van der Waals surface area contributed by atoms with Crippen LogP contribution in [0, 0.1) is 18.7 Å². The van der Waals surface area contributed by atoms with Crippen LogP contribution in [0.1, 0.15) is 39.4 Å². The number of hydrogen-bond acceptors (Lipinski definition) is 7. The molecule has 0 spiro atoms. The predicted octanol–water partition coefficient (Wildman–Crippen LogP) is 3.89. The maximum Gasteiger partial charge on any atom is 0.573 e. The number of ether oxygens (including phenoxy) is 1. The van der Waals surface area contributed by atoms with Crippen molar-refractivity contribution in [2.24, 2.45) is 11.7 Å². The number of pyridine rings is 1. The summed E-state index contributed by atoms with van der Waals surface area (Å²) in [6.45, 7) is 1.41. The van der Waals surface area contributed by atoms with Gasteiger partial charge in [-0.05, 0) is 56.0 Å². The molecule has 16 heteroatoms. The molecule has 240 valence electrons. The number of amides is 3. The number of aromatic carboxylic acids is 1. The number of carboxylic acids is 1. The molecule has 2 aromatic carbocycles. The Balaban J connectivity index is 0.000000400. The minimum atomic E-state index is -5.11. The number of rotatable bonds is 7. The van der Waals surface area contributed by atoms with Crippen molar-refractivity contribution >= 4 is 40.3 Å². The average Bonchev–Trinajstić information content (AvgIpc) is 3.50. The summed E-state index contributed by atoms with van der Waals surface area (Å²) in [4.78, 5) is 53.9. The van der Waals surface area contributed by atoms with Crippen LogP contribution in [-0.4, -0.2) is 66.9 Å². The molecular weight excluding hydrogens is 616 g/mol. The molecule has 1 aliphatic heterocycles. The van der Waals surface area contributed by atoms with Crippen LogP contribution in [0.15, 0.2) is 60.8 Å². The van der Waals surface area contributed by atoms with Gasteiger partial charge in [-0.2, -0.15) is 5.10 Å². The number of nitrogens with two attached hydrogens (primary N) is 1. The van der Waals surface area contributed by atoms with E-state index >= 15 is 0 Å². The van der Waals surface area contributed by atoms with E-state index in [1.807, 2.05) is 0 Å². The van der Waals surface area contributed by atoms with Crippen LogP contribution >= 0.6 is 0 Å². The first-order valence-corrected chi connectivity index (χ1v) is 13.8. The Kier molecular flexibility index (Phi) is 8.63. The van der Waals surface area contributed by atoms with Gasteiger partial charge in [-0.15, -0.1) is 13.2 Å². The smallest absolute Gasteiger partial charge is 0.478 e. The van der Waals surface area contributed by atoms with E-state index < -0.39 is 53.3 Å². The van der Waals surface area contributed by atoms with Crippen molar-refractivity contribution in [1.82, 2.24) is 19.7 Å². The van der Waals surface area contributed by atoms with Crippen molar-refractivity contribution in [3.05, 3.63) is 83.6 Å². The number of nitrogens with one attached hydrogen (secondary N) is 1. The maximum atomic E-state index is 14.5. The fourth-order valence-electron chi connectivity index (χ4n) is 5.35. The molecule has 1 saturated carbocycles. The van der Waals surface area contributed by atoms with Gasteiger partial charge >= 0.3 is 12.3 Å². The molecule has 4 N–H and O–H groups in total. The highest BCUT2D eigenvalue weighted by Gasteiger charge is 2.56. The monoisotopic (exact) mass is 642 g/mol. The molecule has 2 fully saturated rings. The van der Waals surface area contributed by atoms with Crippen LogP contribution in [0.5, 0.6) is 5.75 Å². The van der Waals surface area contributed by atoms with E-state index in [1.54, 1.807) is 43.3 Å². The van der Waals surface area contributed by atoms with Gasteiger partial charge in [-0.25, -0.2) is 9.18 Å². The molecule has 6 rings (SSSR count). The van der Waals surface area contributed by atoms with Gasteiger partial charge < -0.3 is 25.8 Å². The molecule has 2 aromatic heterocycles. The summed E-state index contributed by atoms with van der Waals surface area (Å²) in [5.41, 5.74) is 6.26. The van der Waals surface area contributed by atoms with Gasteiger partial charge in [-0.3, -0.25) is 24.0 Å². The zero-order chi connectivity index (χ0) is 33.3. The molecule has 1 saturated heterocycles. The highest BCUT2D eigenvalue weighted by Crippen LogP contribution is 2.48. The summed E-state index contributed by atoms with van der Waals surface area (Å²) in [7, 11) is 0. The minimum Gasteiger partial charge on any atom is -0.478 e. The van der Waals surface area contributed by atoms with Crippen molar-refractivity contribution in [3.8, 4) is 5.75 Å². The Morgan fingerprint density at radius 2 is 1.80 bits per heavy atom. The molecule has 1 aliphatic carbocycles. The molecule has 3 amide bonds. The van der Waals surface area contributed by atoms with E-state index in [1.165, 1.54) is 15.8 Å². The zero-order valence-electron chi connectivity index (χ0n) is 24.0. The van der Waals surface area contributed by atoms with Crippen LogP contribution in [0.4, 0.5) is 23.2 Å². The predicted molar refractivity (Wildman–Crippen MR) is 153 cm³/mol. The molecule has 0 bridgehead atoms. The van der Waals surface area contributed by atoms with Crippen molar-refractivity contribution in [3.63, 3.8) is 0 Å². The van der Waals surface area contributed by atoms with Gasteiger partial charge in [0.25, 0.3) is 5.91 Å². The number of anilines is 1. The number of primary amides is 1. The molecule has 3 heterocycles. The summed E-state index contributed by atoms with van der Waals surface area (Å²) >= 11 is 0. The maximum absolute atomic E-state index is 14.5. The number of piperidine rings is 1. The number of fused-ring (bicyclic) bond motifs is 2. The largest absolute Gasteiger partial charge is 0.573 e. The number of aryl methyl sites for hydroxylation is 1. The third-order valence-electron chi connectivity index (χ3n) is 7.45. The van der Waals surface area contributed by atoms with Crippen molar-refractivity contribution < 1.29 is 46.6 Å². The highest BCUT2D eigenvalue weighted by atomic mass is 19.4. The van der Waals surface area contributed by atoms with Crippen LogP contribution in [0.25, 0.3) is 10.9 Å². The number of carbonyl (C=O) groups excluding carboxylic acids is 3. The minimum absolute atomic E-state index is 0.0234. The lowest BCUT2D eigenvalue weighted by Gasteiger charge is -2.27. The standard InChI is InChI=1S/C23H20F4N6O4.C7H6O2/c1-10-5-12-16(8-29-10)32(31-20(12)21(28)35)9-18(34)33-14-6-11(14)7-15(33)22(36)30-13-3-2-4-17(19(13)24)37-23(25,26)27;8-7(9)6-4-2-1-3-5-6/h2-5,8,11,14-15H,6-7,9H2,1H3,(H2,28,35)(H,30,36);1-5H,(H,8,9). The molecular formula is C30H26F4N6O6. The fraction of sp³-hybridized carbons (Fsp3) is 0.267. The van der Waals surface area contributed by atoms with Gasteiger partial charge in [0.15, 0.2) is 17.3 Å². The van der Waals surface area contributed by atoms with Crippen LogP contribution in [0.3, 0.4) is 0 Å². The summed E-state index contributed by atoms with van der Waals surface area (Å²) in [5.74, 6) is -5.28. The van der Waals surface area contributed by atoms with Crippen molar-refractivity contribution in [1.29, 1.82) is 0 Å². The Morgan fingerprint density at radius 1 is 1.09 bits per heavy atom. The highest BCUT2D eigenvalue weighted by molar-refractivity contribution is 6.04. The number of likely N-dealkylation sites (tertiary alicyclic amines) is 1. The number of carboxylic acid groups (broad SMARTS) is 1. The Bertz CT molecular complexity index is 1830. The number of hydrogen-bond donors (Lipinski definition) is 3. The second-order valence-corrected chi connectivity index (χ2v) is 10.7.